The van der Waals surface area contributed by atoms with E-state index in [9.17, 15) is 5.26 Å². The van der Waals surface area contributed by atoms with Crippen LogP contribution in [0.3, 0.4) is 0 Å². The van der Waals surface area contributed by atoms with Gasteiger partial charge in [0, 0.05) is 12.6 Å². The molecule has 1 aliphatic carbocycles. The van der Waals surface area contributed by atoms with Gasteiger partial charge in [-0.3, -0.25) is 0 Å². The highest BCUT2D eigenvalue weighted by Crippen LogP contribution is 2.48. The Kier molecular flexibility index (Phi) is 9.50. The van der Waals surface area contributed by atoms with E-state index < -0.39 is 5.41 Å². The maximum absolute atomic E-state index is 10.7. The van der Waals surface area contributed by atoms with Crippen molar-refractivity contribution >= 4 is 0 Å². The van der Waals surface area contributed by atoms with Crippen molar-refractivity contribution in [1.29, 1.82) is 5.26 Å². The summed E-state index contributed by atoms with van der Waals surface area (Å²) in [5, 5.41) is 10.7. The molecule has 2 aromatic rings. The van der Waals surface area contributed by atoms with Crippen LogP contribution in [0, 0.1) is 23.2 Å². The first-order chi connectivity index (χ1) is 17.3. The van der Waals surface area contributed by atoms with Crippen molar-refractivity contribution in [3.63, 3.8) is 0 Å². The van der Waals surface area contributed by atoms with Gasteiger partial charge in [-0.2, -0.15) is 5.26 Å². The maximum atomic E-state index is 10.7. The molecule has 0 N–H and O–H groups in total. The standard InChI is InChI=1S/C30H42N2O4/c1-21(2)30(20-31,24-12-14-27(34-5)29(19-24)36-7)23-9-8-10-25(18-23)32(3)16-15-22-11-13-26(33-4)28(17-22)35-6/h11-14,17,19,21,23,25H,8-10,15-16,18H2,1-7H3/t23-,25-,30+/m1/s1. The van der Waals surface area contributed by atoms with E-state index in [-0.39, 0.29) is 11.8 Å². The Balaban J connectivity index is 1.79. The van der Waals surface area contributed by atoms with Crippen molar-refractivity contribution in [2.75, 3.05) is 42.0 Å². The molecule has 1 fully saturated rings. The number of nitriles is 1. The van der Waals surface area contributed by atoms with Crippen LogP contribution in [-0.4, -0.2) is 53.0 Å². The molecule has 3 rings (SSSR count). The van der Waals surface area contributed by atoms with Crippen molar-refractivity contribution < 1.29 is 18.9 Å². The molecular weight excluding hydrogens is 452 g/mol. The Bertz CT molecular complexity index is 1050. The predicted molar refractivity (Wildman–Crippen MR) is 143 cm³/mol. The molecule has 0 bridgehead atoms. The van der Waals surface area contributed by atoms with Gasteiger partial charge >= 0.3 is 0 Å². The van der Waals surface area contributed by atoms with Crippen LogP contribution in [0.15, 0.2) is 36.4 Å². The molecule has 196 valence electrons. The summed E-state index contributed by atoms with van der Waals surface area (Å²) in [7, 11) is 8.83. The fourth-order valence-electron chi connectivity index (χ4n) is 5.92. The van der Waals surface area contributed by atoms with E-state index in [2.05, 4.69) is 50.1 Å². The zero-order chi connectivity index (χ0) is 26.3. The quantitative estimate of drug-likeness (QED) is 0.389. The molecule has 0 heterocycles. The van der Waals surface area contributed by atoms with E-state index in [4.69, 9.17) is 18.9 Å². The molecule has 0 spiro atoms. The lowest BCUT2D eigenvalue weighted by Crippen LogP contribution is -2.46. The summed E-state index contributed by atoms with van der Waals surface area (Å²) in [6.07, 6.45) is 5.27. The molecule has 0 saturated heterocycles. The van der Waals surface area contributed by atoms with Crippen molar-refractivity contribution in [3.05, 3.63) is 47.5 Å². The first-order valence-electron chi connectivity index (χ1n) is 12.9. The van der Waals surface area contributed by atoms with E-state index in [1.54, 1.807) is 28.4 Å². The molecular formula is C30H42N2O4. The Labute approximate surface area is 217 Å². The third-order valence-corrected chi connectivity index (χ3v) is 8.07. The van der Waals surface area contributed by atoms with Gasteiger partial charge in [0.1, 0.15) is 0 Å². The second-order valence-electron chi connectivity index (χ2n) is 10.1. The minimum absolute atomic E-state index is 0.168. The minimum atomic E-state index is -0.581. The first-order valence-corrected chi connectivity index (χ1v) is 12.9. The lowest BCUT2D eigenvalue weighted by atomic mass is 9.59. The maximum Gasteiger partial charge on any atom is 0.161 e. The molecule has 3 atom stereocenters. The van der Waals surface area contributed by atoms with E-state index in [0.717, 1.165) is 55.7 Å². The summed E-state index contributed by atoms with van der Waals surface area (Å²) < 4.78 is 21.9. The highest BCUT2D eigenvalue weighted by Gasteiger charge is 2.46. The van der Waals surface area contributed by atoms with Gasteiger partial charge in [-0.15, -0.1) is 0 Å². The monoisotopic (exact) mass is 494 g/mol. The van der Waals surface area contributed by atoms with Gasteiger partial charge in [0.05, 0.1) is 39.9 Å². The van der Waals surface area contributed by atoms with Crippen LogP contribution in [0.2, 0.25) is 0 Å². The summed E-state index contributed by atoms with van der Waals surface area (Å²) in [5.74, 6) is 3.31. The van der Waals surface area contributed by atoms with Gasteiger partial charge in [0.25, 0.3) is 0 Å². The van der Waals surface area contributed by atoms with Crippen LogP contribution in [-0.2, 0) is 11.8 Å². The first kappa shape index (κ1) is 27.7. The Morgan fingerprint density at radius 2 is 1.53 bits per heavy atom. The molecule has 1 saturated carbocycles. The molecule has 0 radical (unpaired) electrons. The molecule has 2 aromatic carbocycles. The zero-order valence-electron chi connectivity index (χ0n) is 23.0. The van der Waals surface area contributed by atoms with E-state index >= 15 is 0 Å². The normalized spacial score (nSPS) is 19.4. The summed E-state index contributed by atoms with van der Waals surface area (Å²) in [5.41, 5.74) is 1.67. The van der Waals surface area contributed by atoms with Crippen LogP contribution >= 0.6 is 0 Å². The zero-order valence-corrected chi connectivity index (χ0v) is 23.0. The fraction of sp³-hybridized carbons (Fsp3) is 0.567. The molecule has 0 amide bonds. The van der Waals surface area contributed by atoms with E-state index in [0.29, 0.717) is 17.5 Å². The third-order valence-electron chi connectivity index (χ3n) is 8.07. The number of methoxy groups -OCH3 is 4. The molecule has 0 aromatic heterocycles. The Morgan fingerprint density at radius 1 is 0.917 bits per heavy atom. The highest BCUT2D eigenvalue weighted by atomic mass is 16.5. The van der Waals surface area contributed by atoms with Gasteiger partial charge < -0.3 is 23.8 Å². The number of benzene rings is 2. The van der Waals surface area contributed by atoms with Crippen molar-refractivity contribution in [2.45, 2.75) is 57.4 Å². The van der Waals surface area contributed by atoms with Crippen molar-refractivity contribution in [1.82, 2.24) is 4.90 Å². The summed E-state index contributed by atoms with van der Waals surface area (Å²) in [4.78, 5) is 2.47. The lowest BCUT2D eigenvalue weighted by Gasteiger charge is -2.45. The van der Waals surface area contributed by atoms with Crippen molar-refractivity contribution in [2.24, 2.45) is 11.8 Å². The van der Waals surface area contributed by atoms with Gasteiger partial charge in [0.2, 0.25) is 0 Å². The minimum Gasteiger partial charge on any atom is -0.493 e. The molecule has 0 unspecified atom stereocenters. The predicted octanol–water partition coefficient (Wildman–Crippen LogP) is 5.87. The van der Waals surface area contributed by atoms with Crippen LogP contribution in [0.25, 0.3) is 0 Å². The smallest absolute Gasteiger partial charge is 0.161 e. The van der Waals surface area contributed by atoms with Crippen LogP contribution in [0.1, 0.15) is 50.7 Å². The topological polar surface area (TPSA) is 64.0 Å². The van der Waals surface area contributed by atoms with Crippen LogP contribution in [0.4, 0.5) is 0 Å². The van der Waals surface area contributed by atoms with Crippen molar-refractivity contribution in [3.8, 4) is 29.1 Å². The number of hydrogen-bond acceptors (Lipinski definition) is 6. The second kappa shape index (κ2) is 12.4. The third kappa shape index (κ3) is 5.57. The number of hydrogen-bond donors (Lipinski definition) is 0. The Morgan fingerprint density at radius 3 is 2.11 bits per heavy atom. The summed E-state index contributed by atoms with van der Waals surface area (Å²) in [6.45, 7) is 5.29. The second-order valence-corrected chi connectivity index (χ2v) is 10.1. The van der Waals surface area contributed by atoms with Gasteiger partial charge in [-0.25, -0.2) is 0 Å². The highest BCUT2D eigenvalue weighted by molar-refractivity contribution is 5.48. The Hall–Kier alpha value is -2.91. The van der Waals surface area contributed by atoms with Crippen LogP contribution in [0.5, 0.6) is 23.0 Å². The molecule has 0 aliphatic heterocycles. The molecule has 1 aliphatic rings. The molecule has 36 heavy (non-hydrogen) atoms. The van der Waals surface area contributed by atoms with Crippen LogP contribution < -0.4 is 18.9 Å². The number of rotatable bonds is 11. The number of ether oxygens (including phenoxy) is 4. The summed E-state index contributed by atoms with van der Waals surface area (Å²) in [6, 6.07) is 15.4. The van der Waals surface area contributed by atoms with Gasteiger partial charge in [-0.1, -0.05) is 32.4 Å². The van der Waals surface area contributed by atoms with E-state index in [1.807, 2.05) is 18.2 Å². The SMILES string of the molecule is COc1ccc(CCN(C)[C@@H]2CCC[C@@H]([C@@](C#N)(c3ccc(OC)c(OC)c3)C(C)C)C2)cc1OC. The number of nitrogens with zero attached hydrogens (tertiary/aromatic N) is 2. The van der Waals surface area contributed by atoms with Gasteiger partial charge in [-0.05, 0) is 80.0 Å². The van der Waals surface area contributed by atoms with E-state index in [1.165, 1.54) is 5.56 Å². The van der Waals surface area contributed by atoms with Gasteiger partial charge in [0.15, 0.2) is 23.0 Å². The fourth-order valence-corrected chi connectivity index (χ4v) is 5.92. The molecule has 6 heteroatoms. The molecule has 6 nitrogen and oxygen atoms in total. The number of likely N-dealkylation sites (N-methyl/N-ethyl adjacent to an activating group) is 1. The lowest BCUT2D eigenvalue weighted by molar-refractivity contribution is 0.112. The average Bonchev–Trinajstić information content (AvgIpc) is 2.92. The summed E-state index contributed by atoms with van der Waals surface area (Å²) >= 11 is 0. The largest absolute Gasteiger partial charge is 0.493 e. The average molecular weight is 495 g/mol.